The summed E-state index contributed by atoms with van der Waals surface area (Å²) in [6.45, 7) is 30.6. The van der Waals surface area contributed by atoms with E-state index in [9.17, 15) is 0 Å². The van der Waals surface area contributed by atoms with Crippen molar-refractivity contribution >= 4 is 33.2 Å². The third-order valence-corrected chi connectivity index (χ3v) is 14.1. The molecule has 3 heterocycles. The highest BCUT2D eigenvalue weighted by Crippen LogP contribution is 2.45. The fraction of sp³-hybridized carbons (Fsp3) is 0.306. The van der Waals surface area contributed by atoms with E-state index < -0.39 is 0 Å². The van der Waals surface area contributed by atoms with E-state index in [4.69, 9.17) is 9.72 Å². The van der Waals surface area contributed by atoms with Gasteiger partial charge in [0.2, 0.25) is 0 Å². The van der Waals surface area contributed by atoms with E-state index in [0.717, 1.165) is 34.0 Å². The Kier molecular flexibility index (Phi) is 11.3. The van der Waals surface area contributed by atoms with Gasteiger partial charge in [0.25, 0.3) is 0 Å². The number of hydrogen-bond acceptors (Lipinski definition) is 4. The van der Waals surface area contributed by atoms with Crippen molar-refractivity contribution in [2.45, 2.75) is 117 Å². The molecule has 342 valence electrons. The van der Waals surface area contributed by atoms with Gasteiger partial charge in [0.15, 0.2) is 0 Å². The molecule has 6 aromatic carbocycles. The van der Waals surface area contributed by atoms with Gasteiger partial charge in [-0.05, 0) is 110 Å². The molecular formula is C62H68N4O. The molecule has 0 spiro atoms. The number of hydrogen-bond donors (Lipinski definition) is 0. The molecule has 0 atom stereocenters. The SMILES string of the molecule is CC(C)(C)c1cc(N2CN(c3cccc(Oc4ccc5c6cc(C(C)(C)C)ccc6n(-c6cc(C(C)(C)C)ccn6)c5c4)c3)C=C2C(C)(C)c2ccccc2)cc(C(C)(C)c2ccccc2)c1. The van der Waals surface area contributed by atoms with Crippen LogP contribution in [0.25, 0.3) is 27.6 Å². The van der Waals surface area contributed by atoms with Crippen LogP contribution in [0.5, 0.6) is 11.5 Å². The van der Waals surface area contributed by atoms with Crippen LogP contribution in [0.1, 0.15) is 123 Å². The Balaban J connectivity index is 1.12. The van der Waals surface area contributed by atoms with Gasteiger partial charge in [-0.1, -0.05) is 169 Å². The lowest BCUT2D eigenvalue weighted by Gasteiger charge is -2.36. The summed E-state index contributed by atoms with van der Waals surface area (Å²) in [5, 5.41) is 2.38. The number of fused-ring (bicyclic) bond motifs is 3. The topological polar surface area (TPSA) is 33.5 Å². The van der Waals surface area contributed by atoms with Crippen LogP contribution in [0, 0.1) is 0 Å². The molecule has 0 amide bonds. The van der Waals surface area contributed by atoms with Crippen LogP contribution in [-0.4, -0.2) is 16.2 Å². The Morgan fingerprint density at radius 1 is 0.433 bits per heavy atom. The summed E-state index contributed by atoms with van der Waals surface area (Å²) in [4.78, 5) is 9.87. The standard InChI is InChI=1S/C62H68N4O/c1-58(2,3)44-27-30-54-53(36-44)52-29-28-51(39-55(52)66(54)57-37-45(31-32-63-57)59(4,5)6)67-50-26-20-25-48(38-50)64-40-56(62(12,13)43-23-18-15-19-24-43)65(41-64)49-34-46(60(7,8)9)33-47(35-49)61(10,11)42-21-16-14-17-22-42/h14-40H,41H2,1-13H3. The molecule has 0 saturated carbocycles. The van der Waals surface area contributed by atoms with Crippen molar-refractivity contribution in [2.75, 3.05) is 16.5 Å². The van der Waals surface area contributed by atoms with Gasteiger partial charge in [0.05, 0.1) is 17.7 Å². The zero-order chi connectivity index (χ0) is 47.7. The van der Waals surface area contributed by atoms with Crippen LogP contribution in [0.3, 0.4) is 0 Å². The van der Waals surface area contributed by atoms with Gasteiger partial charge in [0.1, 0.15) is 17.3 Å². The number of benzene rings is 6. The van der Waals surface area contributed by atoms with Gasteiger partial charge in [0, 0.05) is 63.2 Å². The number of rotatable bonds is 9. The number of allylic oxidation sites excluding steroid dienone is 1. The number of ether oxygens (including phenoxy) is 1. The van der Waals surface area contributed by atoms with Crippen LogP contribution in [0.2, 0.25) is 0 Å². The molecule has 5 heteroatoms. The van der Waals surface area contributed by atoms with Crippen molar-refractivity contribution in [1.29, 1.82) is 0 Å². The summed E-state index contributed by atoms with van der Waals surface area (Å²) in [6, 6.07) is 55.4. The normalized spacial score (nSPS) is 14.0. The molecule has 0 unspecified atom stereocenters. The first-order valence-electron chi connectivity index (χ1n) is 24.0. The fourth-order valence-electron chi connectivity index (χ4n) is 9.59. The highest BCUT2D eigenvalue weighted by Gasteiger charge is 2.37. The molecule has 67 heavy (non-hydrogen) atoms. The summed E-state index contributed by atoms with van der Waals surface area (Å²) >= 11 is 0. The average Bonchev–Trinajstić information content (AvgIpc) is 3.89. The molecular weight excluding hydrogens is 817 g/mol. The second kappa shape index (κ2) is 16.6. The Labute approximate surface area is 399 Å². The largest absolute Gasteiger partial charge is 0.457 e. The monoisotopic (exact) mass is 885 g/mol. The number of nitrogens with zero attached hydrogens (tertiary/aromatic N) is 4. The molecule has 9 rings (SSSR count). The smallest absolute Gasteiger partial charge is 0.137 e. The Hall–Kier alpha value is -6.59. The van der Waals surface area contributed by atoms with Crippen molar-refractivity contribution in [3.8, 4) is 17.3 Å². The third-order valence-electron chi connectivity index (χ3n) is 14.1. The quantitative estimate of drug-likeness (QED) is 0.145. The Morgan fingerprint density at radius 2 is 1.04 bits per heavy atom. The molecule has 0 saturated heterocycles. The first kappa shape index (κ1) is 45.6. The minimum Gasteiger partial charge on any atom is -0.457 e. The molecule has 0 bridgehead atoms. The zero-order valence-corrected chi connectivity index (χ0v) is 42.0. The van der Waals surface area contributed by atoms with Crippen LogP contribution < -0.4 is 14.5 Å². The first-order chi connectivity index (χ1) is 31.6. The summed E-state index contributed by atoms with van der Waals surface area (Å²) in [5.41, 5.74) is 12.8. The molecule has 5 nitrogen and oxygen atoms in total. The maximum absolute atomic E-state index is 6.86. The van der Waals surface area contributed by atoms with Gasteiger partial charge >= 0.3 is 0 Å². The second-order valence-corrected chi connectivity index (χ2v) is 22.8. The van der Waals surface area contributed by atoms with E-state index in [1.807, 2.05) is 6.20 Å². The predicted molar refractivity (Wildman–Crippen MR) is 284 cm³/mol. The van der Waals surface area contributed by atoms with E-state index in [1.54, 1.807) is 0 Å². The molecule has 8 aromatic rings. The van der Waals surface area contributed by atoms with Crippen LogP contribution in [-0.2, 0) is 27.1 Å². The van der Waals surface area contributed by atoms with Crippen molar-refractivity contribution in [2.24, 2.45) is 0 Å². The van der Waals surface area contributed by atoms with Gasteiger partial charge < -0.3 is 14.5 Å². The summed E-state index contributed by atoms with van der Waals surface area (Å²) < 4.78 is 9.16. The lowest BCUT2D eigenvalue weighted by Crippen LogP contribution is -2.34. The minimum atomic E-state index is -0.306. The van der Waals surface area contributed by atoms with Crippen molar-refractivity contribution in [1.82, 2.24) is 9.55 Å². The van der Waals surface area contributed by atoms with E-state index in [1.165, 1.54) is 55.5 Å². The molecule has 0 radical (unpaired) electrons. The molecule has 1 aliphatic heterocycles. The van der Waals surface area contributed by atoms with Gasteiger partial charge in [-0.25, -0.2) is 4.98 Å². The van der Waals surface area contributed by atoms with Crippen LogP contribution >= 0.6 is 0 Å². The number of anilines is 2. The fourth-order valence-corrected chi connectivity index (χ4v) is 9.59. The van der Waals surface area contributed by atoms with E-state index in [0.29, 0.717) is 6.67 Å². The second-order valence-electron chi connectivity index (χ2n) is 22.8. The summed E-state index contributed by atoms with van der Waals surface area (Å²) in [6.07, 6.45) is 4.29. The molecule has 0 fully saturated rings. The maximum atomic E-state index is 6.86. The zero-order valence-electron chi connectivity index (χ0n) is 42.0. The van der Waals surface area contributed by atoms with Crippen molar-refractivity contribution < 1.29 is 4.74 Å². The Morgan fingerprint density at radius 3 is 1.70 bits per heavy atom. The lowest BCUT2D eigenvalue weighted by atomic mass is 9.75. The lowest BCUT2D eigenvalue weighted by molar-refractivity contribution is 0.483. The summed E-state index contributed by atoms with van der Waals surface area (Å²) in [7, 11) is 0. The van der Waals surface area contributed by atoms with Crippen LogP contribution in [0.4, 0.5) is 11.4 Å². The van der Waals surface area contributed by atoms with Gasteiger partial charge in [-0.15, -0.1) is 0 Å². The van der Waals surface area contributed by atoms with Crippen molar-refractivity contribution in [3.63, 3.8) is 0 Å². The molecule has 1 aliphatic rings. The maximum Gasteiger partial charge on any atom is 0.137 e. The van der Waals surface area contributed by atoms with Crippen LogP contribution in [0.15, 0.2) is 170 Å². The first-order valence-corrected chi connectivity index (χ1v) is 24.0. The number of aromatic nitrogens is 2. The van der Waals surface area contributed by atoms with Gasteiger partial charge in [-0.2, -0.15) is 0 Å². The number of pyridine rings is 1. The van der Waals surface area contributed by atoms with E-state index >= 15 is 0 Å². The van der Waals surface area contributed by atoms with E-state index in [2.05, 4.69) is 262 Å². The highest BCUT2D eigenvalue weighted by atomic mass is 16.5. The van der Waals surface area contributed by atoms with Gasteiger partial charge in [-0.3, -0.25) is 4.57 Å². The van der Waals surface area contributed by atoms with Crippen molar-refractivity contribution in [3.05, 3.63) is 203 Å². The molecule has 0 N–H and O–H groups in total. The third kappa shape index (κ3) is 8.77. The average molecular weight is 885 g/mol. The summed E-state index contributed by atoms with van der Waals surface area (Å²) in [5.74, 6) is 2.45. The molecule has 0 aliphatic carbocycles. The Bertz CT molecular complexity index is 3130. The molecule has 2 aromatic heterocycles. The highest BCUT2D eigenvalue weighted by molar-refractivity contribution is 6.09. The minimum absolute atomic E-state index is 0.0133. The predicted octanol–water partition coefficient (Wildman–Crippen LogP) is 16.3. The van der Waals surface area contributed by atoms with E-state index in [-0.39, 0.29) is 27.1 Å².